The Bertz CT molecular complexity index is 148. The van der Waals surface area contributed by atoms with Crippen LogP contribution in [0.1, 0.15) is 19.8 Å². The van der Waals surface area contributed by atoms with Crippen molar-refractivity contribution in [2.45, 2.75) is 30.8 Å². The molecule has 0 bridgehead atoms. The van der Waals surface area contributed by atoms with Gasteiger partial charge in [-0.3, -0.25) is 0 Å². The Morgan fingerprint density at radius 3 is 2.15 bits per heavy atom. The first-order chi connectivity index (χ1) is 5.93. The highest BCUT2D eigenvalue weighted by Crippen LogP contribution is 2.27. The van der Waals surface area contributed by atoms with E-state index in [9.17, 15) is 5.11 Å². The van der Waals surface area contributed by atoms with Crippen molar-refractivity contribution in [3.63, 3.8) is 0 Å². The van der Waals surface area contributed by atoms with E-state index < -0.39 is 11.0 Å². The van der Waals surface area contributed by atoms with Gasteiger partial charge in [-0.25, -0.2) is 0 Å². The third-order valence-electron chi connectivity index (χ3n) is 2.58. The SMILES string of the molecule is COC([SiH3])(OC)C(C)(O)CCCS. The maximum atomic E-state index is 10.1. The molecule has 80 valence electrons. The lowest BCUT2D eigenvalue weighted by atomic mass is 9.99. The van der Waals surface area contributed by atoms with Crippen LogP contribution in [0.5, 0.6) is 0 Å². The Kier molecular flexibility index (Phi) is 5.54. The van der Waals surface area contributed by atoms with E-state index >= 15 is 0 Å². The van der Waals surface area contributed by atoms with Gasteiger partial charge < -0.3 is 14.6 Å². The van der Waals surface area contributed by atoms with E-state index in [0.717, 1.165) is 12.2 Å². The molecule has 0 heterocycles. The molecule has 0 aromatic heterocycles. The summed E-state index contributed by atoms with van der Waals surface area (Å²) in [5.41, 5.74) is -1.73. The normalized spacial score (nSPS) is 17.3. The minimum atomic E-state index is -0.925. The van der Waals surface area contributed by atoms with Crippen LogP contribution in [0.15, 0.2) is 0 Å². The van der Waals surface area contributed by atoms with Gasteiger partial charge >= 0.3 is 0 Å². The van der Waals surface area contributed by atoms with Crippen molar-refractivity contribution >= 4 is 22.9 Å². The predicted molar refractivity (Wildman–Crippen MR) is 60.4 cm³/mol. The zero-order chi connectivity index (χ0) is 10.5. The fraction of sp³-hybridized carbons (Fsp3) is 1.00. The number of hydrogen-bond donors (Lipinski definition) is 2. The molecule has 5 heteroatoms. The Balaban J connectivity index is 4.37. The summed E-state index contributed by atoms with van der Waals surface area (Å²) in [6.45, 7) is 1.75. The molecule has 0 rings (SSSR count). The zero-order valence-electron chi connectivity index (χ0n) is 8.83. The summed E-state index contributed by atoms with van der Waals surface area (Å²) in [5, 5.41) is 10.1. The van der Waals surface area contributed by atoms with Crippen LogP contribution in [-0.2, 0) is 9.47 Å². The third-order valence-corrected chi connectivity index (χ3v) is 4.79. The molecule has 13 heavy (non-hydrogen) atoms. The number of hydrogen-bond acceptors (Lipinski definition) is 4. The Labute approximate surface area is 88.6 Å². The maximum Gasteiger partial charge on any atom is 0.168 e. The van der Waals surface area contributed by atoms with E-state index in [2.05, 4.69) is 12.6 Å². The Hall–Kier alpha value is 0.447. The number of ether oxygens (including phenoxy) is 2. The molecule has 1 N–H and O–H groups in total. The number of methoxy groups -OCH3 is 2. The second-order valence-corrected chi connectivity index (χ2v) is 5.22. The second-order valence-electron chi connectivity index (χ2n) is 3.45. The molecular weight excluding hydrogens is 204 g/mol. The monoisotopic (exact) mass is 224 g/mol. The first-order valence-electron chi connectivity index (χ1n) is 4.37. The molecule has 0 aliphatic carbocycles. The molecule has 0 aromatic carbocycles. The van der Waals surface area contributed by atoms with Gasteiger partial charge in [0.15, 0.2) is 5.41 Å². The Morgan fingerprint density at radius 2 is 1.85 bits per heavy atom. The molecule has 0 aliphatic rings. The summed E-state index contributed by atoms with van der Waals surface area (Å²) in [4.78, 5) is 0. The van der Waals surface area contributed by atoms with Crippen LogP contribution in [0, 0.1) is 0 Å². The van der Waals surface area contributed by atoms with E-state index in [1.54, 1.807) is 21.1 Å². The second kappa shape index (κ2) is 5.36. The van der Waals surface area contributed by atoms with E-state index in [4.69, 9.17) is 9.47 Å². The fourth-order valence-electron chi connectivity index (χ4n) is 1.17. The molecule has 3 nitrogen and oxygen atoms in total. The number of rotatable bonds is 6. The van der Waals surface area contributed by atoms with Crippen LogP contribution in [0.4, 0.5) is 0 Å². The quantitative estimate of drug-likeness (QED) is 0.372. The van der Waals surface area contributed by atoms with Gasteiger partial charge in [0, 0.05) is 14.2 Å². The van der Waals surface area contributed by atoms with Crippen molar-refractivity contribution in [2.75, 3.05) is 20.0 Å². The van der Waals surface area contributed by atoms with Crippen molar-refractivity contribution in [3.05, 3.63) is 0 Å². The van der Waals surface area contributed by atoms with Crippen molar-refractivity contribution in [1.82, 2.24) is 0 Å². The van der Waals surface area contributed by atoms with Gasteiger partial charge in [-0.15, -0.1) is 0 Å². The van der Waals surface area contributed by atoms with Gasteiger partial charge in [0.2, 0.25) is 0 Å². The first kappa shape index (κ1) is 13.4. The first-order valence-corrected chi connectivity index (χ1v) is 6.00. The summed E-state index contributed by atoms with van der Waals surface area (Å²) in [7, 11) is 3.75. The highest BCUT2D eigenvalue weighted by Gasteiger charge is 2.42. The van der Waals surface area contributed by atoms with E-state index in [-0.39, 0.29) is 0 Å². The van der Waals surface area contributed by atoms with Gasteiger partial charge in [-0.2, -0.15) is 12.6 Å². The van der Waals surface area contributed by atoms with Crippen molar-refractivity contribution in [3.8, 4) is 0 Å². The van der Waals surface area contributed by atoms with E-state index in [1.807, 2.05) is 0 Å². The molecule has 0 amide bonds. The third kappa shape index (κ3) is 3.25. The van der Waals surface area contributed by atoms with Gasteiger partial charge in [0.25, 0.3) is 0 Å². The summed E-state index contributed by atoms with van der Waals surface area (Å²) < 4.78 is 10.4. The van der Waals surface area contributed by atoms with Crippen LogP contribution in [0.25, 0.3) is 0 Å². The lowest BCUT2D eigenvalue weighted by molar-refractivity contribution is -0.244. The van der Waals surface area contributed by atoms with Gasteiger partial charge in [0.05, 0.1) is 10.2 Å². The average molecular weight is 224 g/mol. The van der Waals surface area contributed by atoms with E-state index in [0.29, 0.717) is 16.7 Å². The summed E-state index contributed by atoms with van der Waals surface area (Å²) in [6.07, 6.45) is 1.49. The van der Waals surface area contributed by atoms with Crippen molar-refractivity contribution in [2.24, 2.45) is 0 Å². The van der Waals surface area contributed by atoms with Gasteiger partial charge in [-0.1, -0.05) is 0 Å². The van der Waals surface area contributed by atoms with Crippen LogP contribution in [-0.4, -0.2) is 46.3 Å². The zero-order valence-corrected chi connectivity index (χ0v) is 11.7. The molecule has 0 fully saturated rings. The molecule has 0 spiro atoms. The van der Waals surface area contributed by atoms with Crippen LogP contribution in [0.3, 0.4) is 0 Å². The van der Waals surface area contributed by atoms with Gasteiger partial charge in [-0.05, 0) is 25.5 Å². The van der Waals surface area contributed by atoms with Gasteiger partial charge in [0.1, 0.15) is 5.60 Å². The summed E-state index contributed by atoms with van der Waals surface area (Å²) >= 11 is 4.11. The standard InChI is InChI=1S/C8H20O3SSi/c1-7(9,5-4-6-12)8(13,10-2)11-3/h9,12H,4-6H2,1-3,13H3. The smallest absolute Gasteiger partial charge is 0.168 e. The lowest BCUT2D eigenvalue weighted by Crippen LogP contribution is -2.55. The largest absolute Gasteiger partial charge is 0.385 e. The highest BCUT2D eigenvalue weighted by atomic mass is 32.1. The molecule has 0 aromatic rings. The lowest BCUT2D eigenvalue weighted by Gasteiger charge is -2.40. The Morgan fingerprint density at radius 1 is 1.38 bits per heavy atom. The molecule has 0 saturated carbocycles. The summed E-state index contributed by atoms with van der Waals surface area (Å²) in [6, 6.07) is 0. The molecular formula is C8H20O3SSi. The minimum Gasteiger partial charge on any atom is -0.385 e. The van der Waals surface area contributed by atoms with Crippen molar-refractivity contribution < 1.29 is 14.6 Å². The molecule has 0 aliphatic heterocycles. The van der Waals surface area contributed by atoms with Crippen LogP contribution >= 0.6 is 12.6 Å². The molecule has 0 radical (unpaired) electrons. The minimum absolute atomic E-state index is 0.625. The predicted octanol–water partition coefficient (Wildman–Crippen LogP) is -0.241. The average Bonchev–Trinajstić information content (AvgIpc) is 2.13. The fourth-order valence-corrected chi connectivity index (χ4v) is 1.58. The number of aliphatic hydroxyl groups is 1. The molecule has 1 atom stereocenters. The van der Waals surface area contributed by atoms with Crippen LogP contribution in [0.2, 0.25) is 0 Å². The topological polar surface area (TPSA) is 38.7 Å². The number of thiol groups is 1. The van der Waals surface area contributed by atoms with Crippen molar-refractivity contribution in [1.29, 1.82) is 0 Å². The maximum absolute atomic E-state index is 10.1. The highest BCUT2D eigenvalue weighted by molar-refractivity contribution is 7.80. The van der Waals surface area contributed by atoms with E-state index in [1.165, 1.54) is 0 Å². The van der Waals surface area contributed by atoms with Crippen LogP contribution < -0.4 is 0 Å². The molecule has 1 unspecified atom stereocenters. The molecule has 0 saturated heterocycles. The summed E-state index contributed by atoms with van der Waals surface area (Å²) in [5.74, 6) is 0.765.